The van der Waals surface area contributed by atoms with Crippen LogP contribution < -0.4 is 0 Å². The van der Waals surface area contributed by atoms with Crippen LogP contribution in [0.5, 0.6) is 0 Å². The fraction of sp³-hybridized carbons (Fsp3) is 0.231. The maximum atomic E-state index is 12.9. The van der Waals surface area contributed by atoms with Crippen molar-refractivity contribution in [2.45, 2.75) is 18.3 Å². The van der Waals surface area contributed by atoms with Crippen molar-refractivity contribution in [2.75, 3.05) is 5.75 Å². The second kappa shape index (κ2) is 5.44. The number of hydrogen-bond acceptors (Lipinski definition) is 4. The first-order valence-corrected chi connectivity index (χ1v) is 7.63. The predicted octanol–water partition coefficient (Wildman–Crippen LogP) is 2.96. The van der Waals surface area contributed by atoms with E-state index in [9.17, 15) is 21.6 Å². The van der Waals surface area contributed by atoms with Gasteiger partial charge in [0.25, 0.3) is 0 Å². The van der Waals surface area contributed by atoms with Crippen molar-refractivity contribution in [1.82, 2.24) is 9.97 Å². The third kappa shape index (κ3) is 3.38. The Morgan fingerprint density at radius 1 is 1.10 bits per heavy atom. The van der Waals surface area contributed by atoms with E-state index in [-0.39, 0.29) is 11.4 Å². The summed E-state index contributed by atoms with van der Waals surface area (Å²) < 4.78 is 62.2. The second-order valence-corrected chi connectivity index (χ2v) is 6.36. The Morgan fingerprint density at radius 3 is 2.24 bits per heavy atom. The van der Waals surface area contributed by atoms with Crippen molar-refractivity contribution >= 4 is 9.84 Å². The molecule has 2 aromatic rings. The highest BCUT2D eigenvalue weighted by Crippen LogP contribution is 2.31. The van der Waals surface area contributed by atoms with Gasteiger partial charge in [0.2, 0.25) is 15.0 Å². The molecule has 0 N–H and O–H groups in total. The van der Waals surface area contributed by atoms with Gasteiger partial charge in [0.15, 0.2) is 0 Å². The van der Waals surface area contributed by atoms with Crippen molar-refractivity contribution in [3.8, 4) is 11.3 Å². The van der Waals surface area contributed by atoms with Crippen LogP contribution in [0.2, 0.25) is 0 Å². The van der Waals surface area contributed by atoms with E-state index in [1.807, 2.05) is 0 Å². The lowest BCUT2D eigenvalue weighted by Crippen LogP contribution is -2.15. The number of halogens is 3. The maximum Gasteiger partial charge on any atom is 0.433 e. The van der Waals surface area contributed by atoms with Gasteiger partial charge in [-0.15, -0.1) is 0 Å². The first-order valence-electron chi connectivity index (χ1n) is 5.98. The van der Waals surface area contributed by atoms with Crippen molar-refractivity contribution < 1.29 is 21.6 Å². The van der Waals surface area contributed by atoms with E-state index < -0.39 is 26.9 Å². The largest absolute Gasteiger partial charge is 0.433 e. The lowest BCUT2D eigenvalue weighted by atomic mass is 10.1. The molecule has 1 heterocycles. The minimum Gasteiger partial charge on any atom is -0.220 e. The van der Waals surface area contributed by atoms with Crippen LogP contribution in [-0.2, 0) is 16.0 Å². The third-order valence-electron chi connectivity index (χ3n) is 2.72. The zero-order valence-electron chi connectivity index (χ0n) is 10.9. The quantitative estimate of drug-likeness (QED) is 0.817. The van der Waals surface area contributed by atoms with Crippen LogP contribution in [0.1, 0.15) is 12.6 Å². The van der Waals surface area contributed by atoms with Crippen molar-refractivity contribution in [3.05, 3.63) is 42.1 Å². The van der Waals surface area contributed by atoms with Gasteiger partial charge in [-0.3, -0.25) is 0 Å². The van der Waals surface area contributed by atoms with Gasteiger partial charge in [-0.2, -0.15) is 13.2 Å². The van der Waals surface area contributed by atoms with Gasteiger partial charge in [0.05, 0.1) is 11.4 Å². The summed E-state index contributed by atoms with van der Waals surface area (Å²) in [6.45, 7) is 1.32. The molecular formula is C13H11F3N2O2S. The number of benzene rings is 1. The predicted molar refractivity (Wildman–Crippen MR) is 70.2 cm³/mol. The highest BCUT2D eigenvalue weighted by molar-refractivity contribution is 7.91. The molecule has 0 spiro atoms. The van der Waals surface area contributed by atoms with E-state index in [1.54, 1.807) is 30.3 Å². The van der Waals surface area contributed by atoms with E-state index >= 15 is 0 Å². The molecule has 0 aliphatic rings. The average molecular weight is 316 g/mol. The topological polar surface area (TPSA) is 59.9 Å². The summed E-state index contributed by atoms with van der Waals surface area (Å²) in [5.41, 5.74) is -0.966. The number of aromatic nitrogens is 2. The van der Waals surface area contributed by atoms with Crippen molar-refractivity contribution in [2.24, 2.45) is 0 Å². The molecule has 112 valence electrons. The minimum atomic E-state index is -4.75. The molecule has 1 aromatic carbocycles. The Bertz CT molecular complexity index is 744. The summed E-state index contributed by atoms with van der Waals surface area (Å²) in [6.07, 6.45) is -4.75. The van der Waals surface area contributed by atoms with E-state index in [0.29, 0.717) is 5.56 Å². The van der Waals surface area contributed by atoms with Gasteiger partial charge in [-0.05, 0) is 6.07 Å². The standard InChI is InChI=1S/C13H11F3N2O2S/c1-2-21(19,20)12-17-10(9-6-4-3-5-7-9)8-11(18-12)13(14,15)16/h3-8H,2H2,1H3. The van der Waals surface area contributed by atoms with Gasteiger partial charge < -0.3 is 0 Å². The summed E-state index contributed by atoms with van der Waals surface area (Å²) in [5, 5.41) is -0.807. The molecule has 0 radical (unpaired) electrons. The lowest BCUT2D eigenvalue weighted by molar-refractivity contribution is -0.141. The van der Waals surface area contributed by atoms with Gasteiger partial charge in [-0.1, -0.05) is 37.3 Å². The highest BCUT2D eigenvalue weighted by atomic mass is 32.2. The molecule has 0 unspecified atom stereocenters. The highest BCUT2D eigenvalue weighted by Gasteiger charge is 2.35. The fourth-order valence-corrected chi connectivity index (χ4v) is 2.33. The number of sulfone groups is 1. The number of hydrogen-bond donors (Lipinski definition) is 0. The fourth-order valence-electron chi connectivity index (χ4n) is 1.60. The van der Waals surface area contributed by atoms with E-state index in [0.717, 1.165) is 6.07 Å². The first-order chi connectivity index (χ1) is 9.74. The molecule has 0 atom stereocenters. The Balaban J connectivity index is 2.70. The minimum absolute atomic E-state index is 0.0787. The summed E-state index contributed by atoms with van der Waals surface area (Å²) in [6, 6.07) is 8.77. The molecule has 0 saturated heterocycles. The molecule has 0 bridgehead atoms. The van der Waals surface area contributed by atoms with Gasteiger partial charge in [0.1, 0.15) is 5.69 Å². The average Bonchev–Trinajstić information content (AvgIpc) is 2.47. The van der Waals surface area contributed by atoms with Gasteiger partial charge in [-0.25, -0.2) is 18.4 Å². The zero-order valence-corrected chi connectivity index (χ0v) is 11.7. The third-order valence-corrected chi connectivity index (χ3v) is 4.22. The van der Waals surface area contributed by atoms with Crippen molar-refractivity contribution in [1.29, 1.82) is 0 Å². The molecule has 21 heavy (non-hydrogen) atoms. The Labute approximate surface area is 119 Å². The summed E-state index contributed by atoms with van der Waals surface area (Å²) >= 11 is 0. The maximum absolute atomic E-state index is 12.9. The molecule has 4 nitrogen and oxygen atoms in total. The SMILES string of the molecule is CCS(=O)(=O)c1nc(-c2ccccc2)cc(C(F)(F)F)n1. The first kappa shape index (κ1) is 15.4. The molecule has 8 heteroatoms. The molecule has 0 fully saturated rings. The molecule has 0 aliphatic carbocycles. The van der Waals surface area contributed by atoms with Crippen LogP contribution in [0.15, 0.2) is 41.6 Å². The van der Waals surface area contributed by atoms with Crippen LogP contribution in [0.3, 0.4) is 0 Å². The number of rotatable bonds is 3. The van der Waals surface area contributed by atoms with Crippen LogP contribution in [0.4, 0.5) is 13.2 Å². The van der Waals surface area contributed by atoms with Crippen LogP contribution >= 0.6 is 0 Å². The zero-order chi connectivity index (χ0) is 15.7. The normalized spacial score (nSPS) is 12.4. The Kier molecular flexibility index (Phi) is 3.99. The van der Waals surface area contributed by atoms with Gasteiger partial charge >= 0.3 is 6.18 Å². The van der Waals surface area contributed by atoms with Crippen LogP contribution in [0.25, 0.3) is 11.3 Å². The molecule has 0 saturated carbocycles. The summed E-state index contributed by atoms with van der Waals surface area (Å²) in [4.78, 5) is 6.91. The monoisotopic (exact) mass is 316 g/mol. The number of nitrogens with zero attached hydrogens (tertiary/aromatic N) is 2. The Hall–Kier alpha value is -1.96. The summed E-state index contributed by atoms with van der Waals surface area (Å²) in [5.74, 6) is -0.372. The van der Waals surface area contributed by atoms with E-state index in [4.69, 9.17) is 0 Å². The van der Waals surface area contributed by atoms with Crippen molar-refractivity contribution in [3.63, 3.8) is 0 Å². The Morgan fingerprint density at radius 2 is 1.71 bits per heavy atom. The molecule has 0 aliphatic heterocycles. The van der Waals surface area contributed by atoms with Crippen LogP contribution in [-0.4, -0.2) is 24.1 Å². The van der Waals surface area contributed by atoms with E-state index in [2.05, 4.69) is 9.97 Å². The molecule has 0 amide bonds. The van der Waals surface area contributed by atoms with Crippen LogP contribution in [0, 0.1) is 0 Å². The molecular weight excluding hydrogens is 305 g/mol. The molecule has 1 aromatic heterocycles. The number of alkyl halides is 3. The molecule has 2 rings (SSSR count). The smallest absolute Gasteiger partial charge is 0.220 e. The lowest BCUT2D eigenvalue weighted by Gasteiger charge is -2.10. The van der Waals surface area contributed by atoms with Gasteiger partial charge in [0, 0.05) is 5.56 Å². The van der Waals surface area contributed by atoms with E-state index in [1.165, 1.54) is 6.92 Å². The second-order valence-electron chi connectivity index (χ2n) is 4.19. The summed E-state index contributed by atoms with van der Waals surface area (Å²) in [7, 11) is -3.93.